The van der Waals surface area contributed by atoms with Crippen molar-refractivity contribution in [1.29, 1.82) is 0 Å². The molecule has 0 saturated heterocycles. The van der Waals surface area contributed by atoms with Gasteiger partial charge < -0.3 is 15.2 Å². The molecule has 19 heavy (non-hydrogen) atoms. The third-order valence-corrected chi connectivity index (χ3v) is 3.12. The van der Waals surface area contributed by atoms with Crippen molar-refractivity contribution in [3.63, 3.8) is 0 Å². The number of rotatable bonds is 7. The second-order valence-electron chi connectivity index (χ2n) is 4.99. The van der Waals surface area contributed by atoms with Gasteiger partial charge in [-0.1, -0.05) is 13.8 Å². The lowest BCUT2D eigenvalue weighted by molar-refractivity contribution is 0.0696. The van der Waals surface area contributed by atoms with E-state index in [0.29, 0.717) is 24.7 Å². The highest BCUT2D eigenvalue weighted by Crippen LogP contribution is 2.18. The van der Waals surface area contributed by atoms with Gasteiger partial charge in [-0.05, 0) is 43.5 Å². The summed E-state index contributed by atoms with van der Waals surface area (Å²) in [7, 11) is 0. The molecule has 4 heteroatoms. The molecule has 0 bridgehead atoms. The van der Waals surface area contributed by atoms with Crippen molar-refractivity contribution < 1.29 is 14.6 Å². The van der Waals surface area contributed by atoms with Crippen LogP contribution in [0.25, 0.3) is 0 Å². The van der Waals surface area contributed by atoms with E-state index < -0.39 is 5.97 Å². The van der Waals surface area contributed by atoms with E-state index in [0.717, 1.165) is 11.3 Å². The lowest BCUT2D eigenvalue weighted by Gasteiger charge is -2.23. The van der Waals surface area contributed by atoms with Crippen molar-refractivity contribution in [2.24, 2.45) is 5.92 Å². The number of ether oxygens (including phenoxy) is 1. The first-order valence-corrected chi connectivity index (χ1v) is 6.64. The van der Waals surface area contributed by atoms with Crippen LogP contribution in [-0.4, -0.2) is 30.3 Å². The topological polar surface area (TPSA) is 58.6 Å². The van der Waals surface area contributed by atoms with Gasteiger partial charge in [0.25, 0.3) is 0 Å². The molecule has 0 radical (unpaired) electrons. The first-order valence-electron chi connectivity index (χ1n) is 6.64. The monoisotopic (exact) mass is 265 g/mol. The first-order chi connectivity index (χ1) is 8.95. The second-order valence-corrected chi connectivity index (χ2v) is 4.99. The highest BCUT2D eigenvalue weighted by molar-refractivity contribution is 5.89. The fourth-order valence-electron chi connectivity index (χ4n) is 1.85. The predicted octanol–water partition coefficient (Wildman–Crippen LogP) is 3.17. The Hall–Kier alpha value is -1.55. The van der Waals surface area contributed by atoms with E-state index in [2.05, 4.69) is 19.2 Å². The normalized spacial score (nSPS) is 12.5. The number of carboxylic acid groups (broad SMARTS) is 1. The van der Waals surface area contributed by atoms with E-state index >= 15 is 0 Å². The van der Waals surface area contributed by atoms with E-state index in [1.807, 2.05) is 19.9 Å². The molecule has 0 aliphatic heterocycles. The average Bonchev–Trinajstić information content (AvgIpc) is 2.33. The maximum atomic E-state index is 11.0. The highest BCUT2D eigenvalue weighted by atomic mass is 16.5. The summed E-state index contributed by atoms with van der Waals surface area (Å²) >= 11 is 0. The number of benzene rings is 1. The number of hydrogen-bond acceptors (Lipinski definition) is 3. The average molecular weight is 265 g/mol. The lowest BCUT2D eigenvalue weighted by Crippen LogP contribution is -2.31. The van der Waals surface area contributed by atoms with Crippen LogP contribution in [0.5, 0.6) is 0 Å². The van der Waals surface area contributed by atoms with Gasteiger partial charge in [-0.15, -0.1) is 0 Å². The van der Waals surface area contributed by atoms with Gasteiger partial charge in [0.1, 0.15) is 0 Å². The van der Waals surface area contributed by atoms with Gasteiger partial charge in [0, 0.05) is 12.3 Å². The van der Waals surface area contributed by atoms with Crippen molar-refractivity contribution in [3.8, 4) is 0 Å². The van der Waals surface area contributed by atoms with Crippen molar-refractivity contribution in [2.75, 3.05) is 18.5 Å². The van der Waals surface area contributed by atoms with Gasteiger partial charge in [-0.2, -0.15) is 0 Å². The Labute approximate surface area is 114 Å². The Balaban J connectivity index is 2.79. The van der Waals surface area contributed by atoms with Crippen LogP contribution in [-0.2, 0) is 4.74 Å². The van der Waals surface area contributed by atoms with Crippen LogP contribution in [0.2, 0.25) is 0 Å². The second kappa shape index (κ2) is 7.14. The van der Waals surface area contributed by atoms with Gasteiger partial charge in [0.05, 0.1) is 18.2 Å². The van der Waals surface area contributed by atoms with Crippen molar-refractivity contribution in [2.45, 2.75) is 33.7 Å². The summed E-state index contributed by atoms with van der Waals surface area (Å²) < 4.78 is 5.46. The Kier molecular flexibility index (Phi) is 5.83. The predicted molar refractivity (Wildman–Crippen MR) is 76.9 cm³/mol. The SMILES string of the molecule is CCOCC(Nc1ccc(C(=O)O)c(C)c1)C(C)C. The largest absolute Gasteiger partial charge is 0.478 e. The van der Waals surface area contributed by atoms with Crippen LogP contribution in [0.15, 0.2) is 18.2 Å². The number of nitrogens with one attached hydrogen (secondary N) is 1. The minimum atomic E-state index is -0.890. The number of carboxylic acids is 1. The first kappa shape index (κ1) is 15.5. The molecule has 0 aliphatic carbocycles. The van der Waals surface area contributed by atoms with Gasteiger partial charge >= 0.3 is 5.97 Å². The number of aromatic carboxylic acids is 1. The van der Waals surface area contributed by atoms with Crippen LogP contribution in [0, 0.1) is 12.8 Å². The van der Waals surface area contributed by atoms with E-state index in [-0.39, 0.29) is 6.04 Å². The zero-order valence-electron chi connectivity index (χ0n) is 12.1. The molecule has 0 aromatic heterocycles. The van der Waals surface area contributed by atoms with Crippen LogP contribution < -0.4 is 5.32 Å². The lowest BCUT2D eigenvalue weighted by atomic mass is 10.0. The Bertz CT molecular complexity index is 429. The molecule has 106 valence electrons. The molecule has 0 aliphatic rings. The minimum absolute atomic E-state index is 0.218. The van der Waals surface area contributed by atoms with Gasteiger partial charge in [0.15, 0.2) is 0 Å². The summed E-state index contributed by atoms with van der Waals surface area (Å²) in [6.45, 7) is 9.39. The summed E-state index contributed by atoms with van der Waals surface area (Å²) in [6.07, 6.45) is 0. The zero-order chi connectivity index (χ0) is 14.4. The van der Waals surface area contributed by atoms with Crippen molar-refractivity contribution in [3.05, 3.63) is 29.3 Å². The highest BCUT2D eigenvalue weighted by Gasteiger charge is 2.14. The maximum absolute atomic E-state index is 11.0. The van der Waals surface area contributed by atoms with Gasteiger partial charge in [-0.25, -0.2) is 4.79 Å². The fourth-order valence-corrected chi connectivity index (χ4v) is 1.85. The van der Waals surface area contributed by atoms with E-state index in [4.69, 9.17) is 9.84 Å². The van der Waals surface area contributed by atoms with E-state index in [1.54, 1.807) is 12.1 Å². The van der Waals surface area contributed by atoms with Crippen LogP contribution in [0.4, 0.5) is 5.69 Å². The van der Waals surface area contributed by atoms with Crippen LogP contribution >= 0.6 is 0 Å². The standard InChI is InChI=1S/C15H23NO3/c1-5-19-9-14(10(2)3)16-12-6-7-13(15(17)18)11(4)8-12/h6-8,10,14,16H,5,9H2,1-4H3,(H,17,18). The molecule has 1 atom stereocenters. The molecular formula is C15H23NO3. The van der Waals surface area contributed by atoms with E-state index in [1.165, 1.54) is 0 Å². The van der Waals surface area contributed by atoms with Crippen LogP contribution in [0.3, 0.4) is 0 Å². The quantitative estimate of drug-likeness (QED) is 0.795. The summed E-state index contributed by atoms with van der Waals surface area (Å²) in [5, 5.41) is 12.4. The fraction of sp³-hybridized carbons (Fsp3) is 0.533. The van der Waals surface area contributed by atoms with Crippen molar-refractivity contribution >= 4 is 11.7 Å². The molecule has 0 spiro atoms. The summed E-state index contributed by atoms with van der Waals surface area (Å²) in [5.74, 6) is -0.454. The zero-order valence-corrected chi connectivity index (χ0v) is 12.1. The molecule has 2 N–H and O–H groups in total. The molecule has 0 saturated carbocycles. The molecule has 0 heterocycles. The van der Waals surface area contributed by atoms with Crippen molar-refractivity contribution in [1.82, 2.24) is 0 Å². The summed E-state index contributed by atoms with van der Waals surface area (Å²) in [4.78, 5) is 11.0. The third kappa shape index (κ3) is 4.56. The molecule has 1 aromatic rings. The van der Waals surface area contributed by atoms with Gasteiger partial charge in [0.2, 0.25) is 0 Å². The molecule has 0 fully saturated rings. The Morgan fingerprint density at radius 3 is 2.58 bits per heavy atom. The number of hydrogen-bond donors (Lipinski definition) is 2. The molecule has 0 amide bonds. The summed E-state index contributed by atoms with van der Waals surface area (Å²) in [6, 6.07) is 5.52. The minimum Gasteiger partial charge on any atom is -0.478 e. The smallest absolute Gasteiger partial charge is 0.335 e. The number of anilines is 1. The van der Waals surface area contributed by atoms with E-state index in [9.17, 15) is 4.79 Å². The summed E-state index contributed by atoms with van der Waals surface area (Å²) in [5.41, 5.74) is 2.04. The molecular weight excluding hydrogens is 242 g/mol. The van der Waals surface area contributed by atoms with Gasteiger partial charge in [-0.3, -0.25) is 0 Å². The number of aryl methyl sites for hydroxylation is 1. The molecule has 1 aromatic carbocycles. The maximum Gasteiger partial charge on any atom is 0.335 e. The Morgan fingerprint density at radius 1 is 1.42 bits per heavy atom. The Morgan fingerprint density at radius 2 is 2.11 bits per heavy atom. The third-order valence-electron chi connectivity index (χ3n) is 3.12. The molecule has 1 unspecified atom stereocenters. The van der Waals surface area contributed by atoms with Crippen LogP contribution in [0.1, 0.15) is 36.7 Å². The number of carbonyl (C=O) groups is 1. The molecule has 4 nitrogen and oxygen atoms in total. The molecule has 1 rings (SSSR count).